The molecule has 0 aliphatic rings. The van der Waals surface area contributed by atoms with Crippen LogP contribution in [0.2, 0.25) is 0 Å². The lowest BCUT2D eigenvalue weighted by molar-refractivity contribution is 0.0588. The Morgan fingerprint density at radius 3 is 2.63 bits per heavy atom. The molecule has 5 heteroatoms. The summed E-state index contributed by atoms with van der Waals surface area (Å²) in [5.41, 5.74) is 3.80. The molecule has 2 rings (SSSR count). The van der Waals surface area contributed by atoms with E-state index in [1.54, 1.807) is 13.3 Å². The van der Waals surface area contributed by atoms with Crippen LogP contribution >= 0.6 is 0 Å². The second kappa shape index (κ2) is 5.14. The van der Waals surface area contributed by atoms with Crippen LogP contribution in [0.4, 0.5) is 0 Å². The van der Waals surface area contributed by atoms with Gasteiger partial charge in [-0.1, -0.05) is 6.07 Å². The van der Waals surface area contributed by atoms with Crippen LogP contribution in [0.3, 0.4) is 0 Å². The maximum Gasteiger partial charge on any atom is 0.374 e. The molecule has 0 aliphatic heterocycles. The van der Waals surface area contributed by atoms with Crippen molar-refractivity contribution in [1.29, 1.82) is 0 Å². The fourth-order valence-corrected chi connectivity index (χ4v) is 2.08. The summed E-state index contributed by atoms with van der Waals surface area (Å²) in [6, 6.07) is 4.00. The summed E-state index contributed by atoms with van der Waals surface area (Å²) in [7, 11) is 2.94. The molecular weight excluding hydrogens is 244 g/mol. The van der Waals surface area contributed by atoms with Crippen LogP contribution in [0, 0.1) is 13.8 Å². The molecule has 0 bridgehead atoms. The van der Waals surface area contributed by atoms with Gasteiger partial charge in [0.05, 0.1) is 26.1 Å². The zero-order valence-corrected chi connectivity index (χ0v) is 11.4. The monoisotopic (exact) mass is 260 g/mol. The highest BCUT2D eigenvalue weighted by Gasteiger charge is 2.15. The molecule has 1 aromatic carbocycles. The number of rotatable bonds is 3. The molecule has 0 spiro atoms. The van der Waals surface area contributed by atoms with Gasteiger partial charge in [0.15, 0.2) is 0 Å². The number of hydrogen-bond acceptors (Lipinski definition) is 4. The molecule has 0 saturated carbocycles. The lowest BCUT2D eigenvalue weighted by atomic mass is 10.0. The molecule has 0 radical (unpaired) electrons. The topological polar surface area (TPSA) is 64.2 Å². The molecule has 100 valence electrons. The van der Waals surface area contributed by atoms with Gasteiger partial charge in [-0.05, 0) is 31.0 Å². The minimum atomic E-state index is -0.491. The van der Waals surface area contributed by atoms with Gasteiger partial charge in [-0.3, -0.25) is 0 Å². The number of methoxy groups -OCH3 is 2. The number of nitrogens with one attached hydrogen (secondary N) is 1. The van der Waals surface area contributed by atoms with E-state index in [0.717, 1.165) is 28.1 Å². The van der Waals surface area contributed by atoms with Crippen LogP contribution in [0.15, 0.2) is 18.3 Å². The number of nitrogens with zero attached hydrogens (tertiary/aromatic N) is 1. The van der Waals surface area contributed by atoms with E-state index in [2.05, 4.69) is 20.8 Å². The Balaban J connectivity index is 2.52. The first-order valence-corrected chi connectivity index (χ1v) is 5.85. The van der Waals surface area contributed by atoms with Crippen molar-refractivity contribution in [3.05, 3.63) is 35.3 Å². The van der Waals surface area contributed by atoms with Gasteiger partial charge in [-0.25, -0.2) is 9.78 Å². The van der Waals surface area contributed by atoms with Gasteiger partial charge < -0.3 is 14.5 Å². The lowest BCUT2D eigenvalue weighted by Crippen LogP contribution is -2.03. The molecule has 0 saturated heterocycles. The van der Waals surface area contributed by atoms with E-state index in [4.69, 9.17) is 4.74 Å². The summed E-state index contributed by atoms with van der Waals surface area (Å²) < 4.78 is 10.0. The van der Waals surface area contributed by atoms with Crippen molar-refractivity contribution < 1.29 is 14.3 Å². The summed E-state index contributed by atoms with van der Waals surface area (Å²) in [6.45, 7) is 4.00. The smallest absolute Gasteiger partial charge is 0.374 e. The number of H-pyrrole nitrogens is 1. The zero-order chi connectivity index (χ0) is 14.0. The highest BCUT2D eigenvalue weighted by Crippen LogP contribution is 2.33. The van der Waals surface area contributed by atoms with Gasteiger partial charge in [0, 0.05) is 5.56 Å². The number of aromatic amines is 1. The Bertz CT molecular complexity index is 617. The van der Waals surface area contributed by atoms with E-state index in [1.165, 1.54) is 7.11 Å². The Kier molecular flexibility index (Phi) is 3.55. The third-order valence-electron chi connectivity index (χ3n) is 2.89. The number of hydrogen-bond donors (Lipinski definition) is 1. The molecule has 1 aromatic heterocycles. The molecule has 5 nitrogen and oxygen atoms in total. The molecule has 19 heavy (non-hydrogen) atoms. The number of benzene rings is 1. The second-order valence-electron chi connectivity index (χ2n) is 4.30. The van der Waals surface area contributed by atoms with Gasteiger partial charge in [0.1, 0.15) is 5.75 Å². The van der Waals surface area contributed by atoms with Gasteiger partial charge >= 0.3 is 5.97 Å². The van der Waals surface area contributed by atoms with Crippen LogP contribution in [0.5, 0.6) is 5.75 Å². The standard InChI is InChI=1S/C14H16N2O3/c1-8-5-9(2)12(11(6-8)18-3)10-7-15-13(16-10)14(17)19-4/h5-7H,1-4H3,(H,15,16). The number of carbonyl (C=O) groups is 1. The maximum atomic E-state index is 11.4. The van der Waals surface area contributed by atoms with Gasteiger partial charge in [0.2, 0.25) is 5.82 Å². The third kappa shape index (κ3) is 2.45. The summed E-state index contributed by atoms with van der Waals surface area (Å²) >= 11 is 0. The van der Waals surface area contributed by atoms with E-state index in [9.17, 15) is 4.79 Å². The van der Waals surface area contributed by atoms with E-state index < -0.39 is 5.97 Å². The van der Waals surface area contributed by atoms with Crippen LogP contribution in [0.25, 0.3) is 11.3 Å². The van der Waals surface area contributed by atoms with Crippen molar-refractivity contribution >= 4 is 5.97 Å². The van der Waals surface area contributed by atoms with Crippen molar-refractivity contribution in [3.63, 3.8) is 0 Å². The van der Waals surface area contributed by atoms with Crippen LogP contribution in [0.1, 0.15) is 21.7 Å². The molecule has 0 aliphatic carbocycles. The van der Waals surface area contributed by atoms with Crippen LogP contribution in [-0.4, -0.2) is 30.2 Å². The summed E-state index contributed by atoms with van der Waals surface area (Å²) in [4.78, 5) is 18.4. The molecule has 2 aromatic rings. The highest BCUT2D eigenvalue weighted by molar-refractivity contribution is 5.86. The fraction of sp³-hybridized carbons (Fsp3) is 0.286. The number of ether oxygens (including phenoxy) is 2. The van der Waals surface area contributed by atoms with Crippen molar-refractivity contribution in [1.82, 2.24) is 9.97 Å². The van der Waals surface area contributed by atoms with Gasteiger partial charge in [-0.2, -0.15) is 0 Å². The predicted octanol–water partition coefficient (Wildman–Crippen LogP) is 2.49. The highest BCUT2D eigenvalue weighted by atomic mass is 16.5. The van der Waals surface area contributed by atoms with E-state index in [-0.39, 0.29) is 5.82 Å². The first kappa shape index (κ1) is 13.1. The first-order chi connectivity index (χ1) is 9.06. The average Bonchev–Trinajstić information content (AvgIpc) is 2.85. The van der Waals surface area contributed by atoms with Gasteiger partial charge in [0.25, 0.3) is 0 Å². The number of aryl methyl sites for hydroxylation is 2. The second-order valence-corrected chi connectivity index (χ2v) is 4.30. The Hall–Kier alpha value is -2.30. The first-order valence-electron chi connectivity index (χ1n) is 5.85. The molecule has 0 unspecified atom stereocenters. The summed E-state index contributed by atoms with van der Waals surface area (Å²) in [6.07, 6.45) is 1.60. The Labute approximate surface area is 111 Å². The largest absolute Gasteiger partial charge is 0.496 e. The molecule has 0 atom stereocenters. The molecule has 0 amide bonds. The van der Waals surface area contributed by atoms with E-state index >= 15 is 0 Å². The fourth-order valence-electron chi connectivity index (χ4n) is 2.08. The molecule has 1 heterocycles. The van der Waals surface area contributed by atoms with E-state index in [0.29, 0.717) is 0 Å². The number of esters is 1. The van der Waals surface area contributed by atoms with Crippen molar-refractivity contribution in [2.24, 2.45) is 0 Å². The lowest BCUT2D eigenvalue weighted by Gasteiger charge is -2.11. The normalized spacial score (nSPS) is 10.3. The van der Waals surface area contributed by atoms with Crippen molar-refractivity contribution in [2.75, 3.05) is 14.2 Å². The van der Waals surface area contributed by atoms with Gasteiger partial charge in [-0.15, -0.1) is 0 Å². The van der Waals surface area contributed by atoms with E-state index in [1.807, 2.05) is 19.9 Å². The maximum absolute atomic E-state index is 11.4. The van der Waals surface area contributed by atoms with Crippen molar-refractivity contribution in [3.8, 4) is 17.0 Å². The van der Waals surface area contributed by atoms with Crippen LogP contribution < -0.4 is 4.74 Å². The minimum absolute atomic E-state index is 0.180. The molecule has 1 N–H and O–H groups in total. The number of carbonyl (C=O) groups excluding carboxylic acids is 1. The summed E-state index contributed by atoms with van der Waals surface area (Å²) in [5.74, 6) is 0.437. The SMILES string of the molecule is COC(=O)c1ncc(-c2c(C)cc(C)cc2OC)[nH]1. The predicted molar refractivity (Wildman–Crippen MR) is 71.4 cm³/mol. The Morgan fingerprint density at radius 1 is 1.26 bits per heavy atom. The third-order valence-corrected chi connectivity index (χ3v) is 2.89. The average molecular weight is 260 g/mol. The molecule has 0 fully saturated rings. The Morgan fingerprint density at radius 2 is 2.00 bits per heavy atom. The molecular formula is C14H16N2O3. The van der Waals surface area contributed by atoms with Crippen molar-refractivity contribution in [2.45, 2.75) is 13.8 Å². The quantitative estimate of drug-likeness (QED) is 0.861. The number of aromatic nitrogens is 2. The number of imidazole rings is 1. The van der Waals surface area contributed by atoms with Crippen LogP contribution in [-0.2, 0) is 4.74 Å². The minimum Gasteiger partial charge on any atom is -0.496 e. The summed E-state index contributed by atoms with van der Waals surface area (Å²) in [5, 5.41) is 0. The zero-order valence-electron chi connectivity index (χ0n) is 11.4.